The number of amides is 1. The number of fused-ring (bicyclic) bond motifs is 1. The Morgan fingerprint density at radius 3 is 2.83 bits per heavy atom. The fourth-order valence-electron chi connectivity index (χ4n) is 3.87. The quantitative estimate of drug-likeness (QED) is 0.343. The SMILES string of the molecule is CN=C(NCC(=O)N1CCc2ccccc21)NCC1CN(CC(C)C)CCO1.I. The van der Waals surface area contributed by atoms with Crippen molar-refractivity contribution >= 4 is 41.5 Å². The van der Waals surface area contributed by atoms with Crippen LogP contribution in [-0.2, 0) is 16.0 Å². The summed E-state index contributed by atoms with van der Waals surface area (Å²) in [6, 6.07) is 8.09. The van der Waals surface area contributed by atoms with Crippen LogP contribution in [0.25, 0.3) is 0 Å². The van der Waals surface area contributed by atoms with Crippen molar-refractivity contribution in [3.63, 3.8) is 0 Å². The van der Waals surface area contributed by atoms with Gasteiger partial charge in [0.05, 0.1) is 19.3 Å². The maximum absolute atomic E-state index is 12.6. The topological polar surface area (TPSA) is 69.2 Å². The molecule has 1 atom stereocenters. The number of rotatable bonds is 6. The van der Waals surface area contributed by atoms with E-state index in [1.807, 2.05) is 23.1 Å². The largest absolute Gasteiger partial charge is 0.374 e. The summed E-state index contributed by atoms with van der Waals surface area (Å²) in [5.41, 5.74) is 2.26. The molecule has 2 aliphatic rings. The normalized spacial score (nSPS) is 19.7. The van der Waals surface area contributed by atoms with E-state index in [4.69, 9.17) is 4.74 Å². The molecule has 0 bridgehead atoms. The molecular weight excluding hydrogens is 481 g/mol. The van der Waals surface area contributed by atoms with Gasteiger partial charge in [0.15, 0.2) is 5.96 Å². The van der Waals surface area contributed by atoms with Crippen LogP contribution in [0.1, 0.15) is 19.4 Å². The Morgan fingerprint density at radius 2 is 2.07 bits per heavy atom. The van der Waals surface area contributed by atoms with E-state index < -0.39 is 0 Å². The van der Waals surface area contributed by atoms with Crippen LogP contribution in [0, 0.1) is 5.92 Å². The van der Waals surface area contributed by atoms with Crippen molar-refractivity contribution in [1.29, 1.82) is 0 Å². The van der Waals surface area contributed by atoms with E-state index in [1.165, 1.54) is 5.56 Å². The van der Waals surface area contributed by atoms with E-state index in [0.717, 1.165) is 44.9 Å². The summed E-state index contributed by atoms with van der Waals surface area (Å²) in [6.45, 7) is 9.89. The fourth-order valence-corrected chi connectivity index (χ4v) is 3.87. The van der Waals surface area contributed by atoms with Gasteiger partial charge >= 0.3 is 0 Å². The number of carbonyl (C=O) groups excluding carboxylic acids is 1. The van der Waals surface area contributed by atoms with Crippen LogP contribution >= 0.6 is 24.0 Å². The highest BCUT2D eigenvalue weighted by atomic mass is 127. The highest BCUT2D eigenvalue weighted by Gasteiger charge is 2.24. The second kappa shape index (κ2) is 11.7. The molecule has 29 heavy (non-hydrogen) atoms. The van der Waals surface area contributed by atoms with Crippen molar-refractivity contribution in [2.45, 2.75) is 26.4 Å². The van der Waals surface area contributed by atoms with Crippen molar-refractivity contribution in [2.24, 2.45) is 10.9 Å². The third-order valence-electron chi connectivity index (χ3n) is 5.16. The predicted molar refractivity (Wildman–Crippen MR) is 128 cm³/mol. The number of carbonyl (C=O) groups is 1. The zero-order valence-electron chi connectivity index (χ0n) is 17.7. The van der Waals surface area contributed by atoms with Crippen molar-refractivity contribution < 1.29 is 9.53 Å². The van der Waals surface area contributed by atoms with Crippen LogP contribution in [0.15, 0.2) is 29.3 Å². The number of halogens is 1. The lowest BCUT2D eigenvalue weighted by atomic mass is 10.2. The Kier molecular flexibility index (Phi) is 9.64. The van der Waals surface area contributed by atoms with Crippen molar-refractivity contribution in [3.8, 4) is 0 Å². The number of ether oxygens (including phenoxy) is 1. The van der Waals surface area contributed by atoms with Crippen molar-refractivity contribution in [2.75, 3.05) is 57.8 Å². The van der Waals surface area contributed by atoms with E-state index in [-0.39, 0.29) is 42.5 Å². The van der Waals surface area contributed by atoms with Crippen LogP contribution in [-0.4, -0.2) is 75.8 Å². The summed E-state index contributed by atoms with van der Waals surface area (Å²) in [6.07, 6.45) is 1.05. The molecular formula is C21H34IN5O2. The Balaban J connectivity index is 0.00000300. The molecule has 8 heteroatoms. The summed E-state index contributed by atoms with van der Waals surface area (Å²) >= 11 is 0. The van der Waals surface area contributed by atoms with Crippen LogP contribution in [0.3, 0.4) is 0 Å². The van der Waals surface area contributed by atoms with Crippen LogP contribution < -0.4 is 15.5 Å². The molecule has 1 fully saturated rings. The van der Waals surface area contributed by atoms with Crippen LogP contribution in [0.2, 0.25) is 0 Å². The molecule has 1 amide bonds. The summed E-state index contributed by atoms with van der Waals surface area (Å²) in [5.74, 6) is 1.35. The van der Waals surface area contributed by atoms with Gasteiger partial charge in [-0.2, -0.15) is 0 Å². The van der Waals surface area contributed by atoms with Gasteiger partial charge in [-0.25, -0.2) is 0 Å². The number of aliphatic imine (C=N–C) groups is 1. The number of hydrogen-bond acceptors (Lipinski definition) is 4. The maximum atomic E-state index is 12.6. The number of para-hydroxylation sites is 1. The lowest BCUT2D eigenvalue weighted by Crippen LogP contribution is -2.51. The number of hydrogen-bond donors (Lipinski definition) is 2. The van der Waals surface area contributed by atoms with Crippen LogP contribution in [0.5, 0.6) is 0 Å². The third kappa shape index (κ3) is 6.82. The van der Waals surface area contributed by atoms with E-state index in [9.17, 15) is 4.79 Å². The summed E-state index contributed by atoms with van der Waals surface area (Å²) in [7, 11) is 1.72. The molecule has 0 aromatic heterocycles. The first-order chi connectivity index (χ1) is 13.6. The van der Waals surface area contributed by atoms with Crippen LogP contribution in [0.4, 0.5) is 5.69 Å². The molecule has 162 valence electrons. The number of benzene rings is 1. The van der Waals surface area contributed by atoms with E-state index >= 15 is 0 Å². The zero-order chi connectivity index (χ0) is 19.9. The lowest BCUT2D eigenvalue weighted by molar-refractivity contribution is -0.117. The van der Waals surface area contributed by atoms with Gasteiger partial charge in [-0.15, -0.1) is 24.0 Å². The van der Waals surface area contributed by atoms with Gasteiger partial charge in [0.25, 0.3) is 0 Å². The van der Waals surface area contributed by atoms with Gasteiger partial charge in [0, 0.05) is 45.5 Å². The van der Waals surface area contributed by atoms with Gasteiger partial charge in [0.1, 0.15) is 0 Å². The van der Waals surface area contributed by atoms with Gasteiger partial charge in [-0.05, 0) is 24.0 Å². The second-order valence-corrected chi connectivity index (χ2v) is 7.88. The standard InChI is InChI=1S/C21H33N5O2.HI/c1-16(2)14-25-10-11-28-18(15-25)12-23-21(22-3)24-13-20(27)26-9-8-17-6-4-5-7-19(17)26;/h4-7,16,18H,8-15H2,1-3H3,(H2,22,23,24);1H. The molecule has 7 nitrogen and oxygen atoms in total. The molecule has 3 rings (SSSR count). The Hall–Kier alpha value is -1.39. The molecule has 0 aliphatic carbocycles. The molecule has 2 aliphatic heterocycles. The van der Waals surface area contributed by atoms with Gasteiger partial charge in [-0.3, -0.25) is 14.7 Å². The second-order valence-electron chi connectivity index (χ2n) is 7.88. The number of guanidine groups is 1. The van der Waals surface area contributed by atoms with E-state index in [0.29, 0.717) is 18.4 Å². The zero-order valence-corrected chi connectivity index (χ0v) is 20.0. The summed E-state index contributed by atoms with van der Waals surface area (Å²) in [5, 5.41) is 6.43. The Morgan fingerprint density at radius 1 is 1.28 bits per heavy atom. The highest BCUT2D eigenvalue weighted by molar-refractivity contribution is 14.0. The smallest absolute Gasteiger partial charge is 0.246 e. The Labute approximate surface area is 191 Å². The third-order valence-corrected chi connectivity index (χ3v) is 5.16. The maximum Gasteiger partial charge on any atom is 0.246 e. The minimum absolute atomic E-state index is 0. The first-order valence-electron chi connectivity index (χ1n) is 10.2. The lowest BCUT2D eigenvalue weighted by Gasteiger charge is -2.34. The number of morpholine rings is 1. The predicted octanol–water partition coefficient (Wildman–Crippen LogP) is 1.72. The number of nitrogens with one attached hydrogen (secondary N) is 2. The minimum atomic E-state index is 0. The van der Waals surface area contributed by atoms with Crippen molar-refractivity contribution in [3.05, 3.63) is 29.8 Å². The Bertz CT molecular complexity index is 697. The molecule has 0 saturated carbocycles. The van der Waals surface area contributed by atoms with Gasteiger partial charge in [-0.1, -0.05) is 32.0 Å². The first kappa shape index (κ1) is 23.9. The van der Waals surface area contributed by atoms with Gasteiger partial charge in [0.2, 0.25) is 5.91 Å². The summed E-state index contributed by atoms with van der Waals surface area (Å²) in [4.78, 5) is 21.2. The molecule has 0 spiro atoms. The molecule has 1 aromatic rings. The number of anilines is 1. The highest BCUT2D eigenvalue weighted by Crippen LogP contribution is 2.27. The van der Waals surface area contributed by atoms with E-state index in [1.54, 1.807) is 7.05 Å². The molecule has 1 unspecified atom stereocenters. The molecule has 2 N–H and O–H groups in total. The monoisotopic (exact) mass is 515 g/mol. The molecule has 2 heterocycles. The minimum Gasteiger partial charge on any atom is -0.374 e. The van der Waals surface area contributed by atoms with Crippen molar-refractivity contribution in [1.82, 2.24) is 15.5 Å². The fraction of sp³-hybridized carbons (Fsp3) is 0.619. The van der Waals surface area contributed by atoms with E-state index in [2.05, 4.69) is 40.4 Å². The molecule has 1 saturated heterocycles. The number of nitrogens with zero attached hydrogens (tertiary/aromatic N) is 3. The molecule has 0 radical (unpaired) electrons. The first-order valence-corrected chi connectivity index (χ1v) is 10.2. The average Bonchev–Trinajstić information content (AvgIpc) is 3.12. The molecule has 1 aromatic carbocycles. The van der Waals surface area contributed by atoms with Gasteiger partial charge < -0.3 is 20.3 Å². The summed E-state index contributed by atoms with van der Waals surface area (Å²) < 4.78 is 5.87. The average molecular weight is 515 g/mol.